The predicted octanol–water partition coefficient (Wildman–Crippen LogP) is 1.93. The molecule has 0 fully saturated rings. The molecule has 7 heteroatoms. The van der Waals surface area contributed by atoms with E-state index < -0.39 is 0 Å². The van der Waals surface area contributed by atoms with E-state index in [0.29, 0.717) is 28.5 Å². The third kappa shape index (κ3) is 2.40. The lowest BCUT2D eigenvalue weighted by Gasteiger charge is -2.13. The van der Waals surface area contributed by atoms with Gasteiger partial charge in [-0.2, -0.15) is 0 Å². The summed E-state index contributed by atoms with van der Waals surface area (Å²) in [6.07, 6.45) is 0. The van der Waals surface area contributed by atoms with Crippen molar-refractivity contribution < 1.29 is 9.59 Å². The number of carbonyl (C=O) groups excluding carboxylic acids is 2. The summed E-state index contributed by atoms with van der Waals surface area (Å²) in [5.74, 6) is -0.0240. The number of anilines is 1. The van der Waals surface area contributed by atoms with Crippen molar-refractivity contribution in [1.82, 2.24) is 14.9 Å². The molecule has 1 aliphatic rings. The molecule has 2 amide bonds. The van der Waals surface area contributed by atoms with Crippen molar-refractivity contribution in [3.8, 4) is 0 Å². The van der Waals surface area contributed by atoms with E-state index in [4.69, 9.17) is 5.73 Å². The average Bonchev–Trinajstić information content (AvgIpc) is 2.62. The molecule has 0 aliphatic carbocycles. The minimum atomic E-state index is -0.347. The number of aromatic nitrogens is 2. The van der Waals surface area contributed by atoms with Crippen molar-refractivity contribution in [3.05, 3.63) is 51.4 Å². The van der Waals surface area contributed by atoms with Crippen molar-refractivity contribution in [1.29, 1.82) is 0 Å². The summed E-state index contributed by atoms with van der Waals surface area (Å²) < 4.78 is 0.750. The highest BCUT2D eigenvalue weighted by atomic mass is 79.9. The van der Waals surface area contributed by atoms with Gasteiger partial charge in [0, 0.05) is 16.2 Å². The Morgan fingerprint density at radius 1 is 1.14 bits per heavy atom. The first-order valence-electron chi connectivity index (χ1n) is 6.21. The molecular formula is C14H11BrN4O2. The Hall–Kier alpha value is -2.28. The number of rotatable bonds is 2. The second kappa shape index (κ2) is 4.92. The van der Waals surface area contributed by atoms with Crippen LogP contribution in [0.5, 0.6) is 0 Å². The Morgan fingerprint density at radius 3 is 2.57 bits per heavy atom. The van der Waals surface area contributed by atoms with Gasteiger partial charge in [0.25, 0.3) is 11.8 Å². The molecule has 2 N–H and O–H groups in total. The molecule has 0 spiro atoms. The molecule has 6 nitrogen and oxygen atoms in total. The Labute approximate surface area is 129 Å². The molecule has 0 bridgehead atoms. The van der Waals surface area contributed by atoms with Crippen molar-refractivity contribution in [2.45, 2.75) is 13.5 Å². The zero-order valence-corrected chi connectivity index (χ0v) is 12.7. The van der Waals surface area contributed by atoms with Gasteiger partial charge in [-0.05, 0) is 25.1 Å². The Bertz CT molecular complexity index is 755. The topological polar surface area (TPSA) is 89.2 Å². The van der Waals surface area contributed by atoms with Gasteiger partial charge in [-0.1, -0.05) is 15.9 Å². The quantitative estimate of drug-likeness (QED) is 0.839. The molecule has 21 heavy (non-hydrogen) atoms. The number of amides is 2. The van der Waals surface area contributed by atoms with E-state index in [2.05, 4.69) is 25.9 Å². The monoisotopic (exact) mass is 346 g/mol. The second-order valence-electron chi connectivity index (χ2n) is 4.74. The average molecular weight is 347 g/mol. The number of hydrogen-bond donors (Lipinski definition) is 1. The molecule has 106 valence electrons. The molecular weight excluding hydrogens is 336 g/mol. The number of nitrogens with two attached hydrogens (primary N) is 1. The van der Waals surface area contributed by atoms with E-state index in [1.165, 1.54) is 0 Å². The fourth-order valence-electron chi connectivity index (χ4n) is 2.27. The van der Waals surface area contributed by atoms with Crippen LogP contribution in [0.1, 0.15) is 32.2 Å². The molecule has 1 aromatic heterocycles. The van der Waals surface area contributed by atoms with Gasteiger partial charge in [0.2, 0.25) is 0 Å². The van der Waals surface area contributed by atoms with Gasteiger partial charge in [0.15, 0.2) is 5.82 Å². The van der Waals surface area contributed by atoms with Crippen LogP contribution in [-0.4, -0.2) is 26.7 Å². The first-order valence-corrected chi connectivity index (χ1v) is 7.01. The van der Waals surface area contributed by atoms with Crippen LogP contribution in [0.15, 0.2) is 28.7 Å². The Balaban J connectivity index is 1.95. The number of nitrogens with zero attached hydrogens (tertiary/aromatic N) is 3. The maximum atomic E-state index is 12.3. The van der Waals surface area contributed by atoms with E-state index in [-0.39, 0.29) is 18.4 Å². The zero-order chi connectivity index (χ0) is 15.1. The predicted molar refractivity (Wildman–Crippen MR) is 79.5 cm³/mol. The highest BCUT2D eigenvalue weighted by Gasteiger charge is 2.36. The summed E-state index contributed by atoms with van der Waals surface area (Å²) in [5.41, 5.74) is 7.13. The van der Waals surface area contributed by atoms with Crippen LogP contribution >= 0.6 is 15.9 Å². The third-order valence-corrected chi connectivity index (χ3v) is 3.65. The van der Waals surface area contributed by atoms with Crippen LogP contribution < -0.4 is 5.73 Å². The SMILES string of the molecule is Cc1cc(N)nc(CN2C(=O)c3ccc(Br)cc3C2=O)n1. The van der Waals surface area contributed by atoms with E-state index in [1.54, 1.807) is 31.2 Å². The van der Waals surface area contributed by atoms with E-state index >= 15 is 0 Å². The van der Waals surface area contributed by atoms with Crippen LogP contribution in [0.4, 0.5) is 5.82 Å². The lowest BCUT2D eigenvalue weighted by atomic mass is 10.1. The molecule has 0 atom stereocenters. The summed E-state index contributed by atoms with van der Waals surface area (Å²) in [4.78, 5) is 34.0. The van der Waals surface area contributed by atoms with Gasteiger partial charge in [-0.3, -0.25) is 14.5 Å². The first-order chi connectivity index (χ1) is 9.95. The summed E-state index contributed by atoms with van der Waals surface area (Å²) in [7, 11) is 0. The Morgan fingerprint density at radius 2 is 1.86 bits per heavy atom. The van der Waals surface area contributed by atoms with Crippen molar-refractivity contribution in [3.63, 3.8) is 0 Å². The third-order valence-electron chi connectivity index (χ3n) is 3.15. The molecule has 1 aromatic carbocycles. The number of nitrogen functional groups attached to an aromatic ring is 1. The molecule has 2 aromatic rings. The number of imide groups is 1. The van der Waals surface area contributed by atoms with E-state index in [9.17, 15) is 9.59 Å². The summed E-state index contributed by atoms with van der Waals surface area (Å²) >= 11 is 3.29. The smallest absolute Gasteiger partial charge is 0.262 e. The van der Waals surface area contributed by atoms with Crippen LogP contribution in [0.3, 0.4) is 0 Å². The van der Waals surface area contributed by atoms with Crippen LogP contribution in [0, 0.1) is 6.92 Å². The molecule has 0 unspecified atom stereocenters. The lowest BCUT2D eigenvalue weighted by Crippen LogP contribution is -2.30. The maximum absolute atomic E-state index is 12.3. The first kappa shape index (κ1) is 13.7. The normalized spacial score (nSPS) is 13.7. The summed E-state index contributed by atoms with van der Waals surface area (Å²) in [6, 6.07) is 6.63. The van der Waals surface area contributed by atoms with Gasteiger partial charge in [-0.15, -0.1) is 0 Å². The summed E-state index contributed by atoms with van der Waals surface area (Å²) in [5, 5.41) is 0. The number of halogens is 1. The molecule has 0 saturated carbocycles. The van der Waals surface area contributed by atoms with Crippen molar-refractivity contribution >= 4 is 33.6 Å². The highest BCUT2D eigenvalue weighted by molar-refractivity contribution is 9.10. The maximum Gasteiger partial charge on any atom is 0.262 e. The van der Waals surface area contributed by atoms with E-state index in [0.717, 1.165) is 9.37 Å². The highest BCUT2D eigenvalue weighted by Crippen LogP contribution is 2.26. The fourth-order valence-corrected chi connectivity index (χ4v) is 2.64. The van der Waals surface area contributed by atoms with Gasteiger partial charge in [0.05, 0.1) is 17.7 Å². The van der Waals surface area contributed by atoms with Crippen LogP contribution in [0.2, 0.25) is 0 Å². The van der Waals surface area contributed by atoms with Crippen LogP contribution in [0.25, 0.3) is 0 Å². The molecule has 0 saturated heterocycles. The minimum absolute atomic E-state index is 0.00977. The van der Waals surface area contributed by atoms with Crippen LogP contribution in [-0.2, 0) is 6.54 Å². The Kier molecular flexibility index (Phi) is 3.21. The number of aryl methyl sites for hydroxylation is 1. The summed E-state index contributed by atoms with van der Waals surface area (Å²) in [6.45, 7) is 1.79. The van der Waals surface area contributed by atoms with E-state index in [1.807, 2.05) is 0 Å². The molecule has 1 aliphatic heterocycles. The lowest BCUT2D eigenvalue weighted by molar-refractivity contribution is 0.0638. The number of carbonyl (C=O) groups is 2. The molecule has 3 rings (SSSR count). The van der Waals surface area contributed by atoms with Crippen molar-refractivity contribution in [2.24, 2.45) is 0 Å². The van der Waals surface area contributed by atoms with Gasteiger partial charge in [-0.25, -0.2) is 9.97 Å². The number of hydrogen-bond acceptors (Lipinski definition) is 5. The molecule has 0 radical (unpaired) electrons. The number of fused-ring (bicyclic) bond motifs is 1. The van der Waals surface area contributed by atoms with Crippen molar-refractivity contribution in [2.75, 3.05) is 5.73 Å². The molecule has 2 heterocycles. The largest absolute Gasteiger partial charge is 0.384 e. The van der Waals surface area contributed by atoms with Gasteiger partial charge in [0.1, 0.15) is 5.82 Å². The zero-order valence-electron chi connectivity index (χ0n) is 11.1. The second-order valence-corrected chi connectivity index (χ2v) is 5.65. The minimum Gasteiger partial charge on any atom is -0.384 e. The van der Waals surface area contributed by atoms with Gasteiger partial charge < -0.3 is 5.73 Å². The standard InChI is InChI=1S/C14H11BrN4O2/c1-7-4-11(16)18-12(17-7)6-19-13(20)9-3-2-8(15)5-10(9)14(19)21/h2-5H,6H2,1H3,(H2,16,17,18). The number of benzene rings is 1. The van der Waals surface area contributed by atoms with Gasteiger partial charge >= 0.3 is 0 Å². The fraction of sp³-hybridized carbons (Fsp3) is 0.143.